The molecule has 1 N–H and O–H groups in total. The Morgan fingerprint density at radius 2 is 1.50 bits per heavy atom. The lowest BCUT2D eigenvalue weighted by Gasteiger charge is -2.26. The predicted octanol–water partition coefficient (Wildman–Crippen LogP) is 4.97. The average molecular weight is 450 g/mol. The molecule has 1 fully saturated rings. The van der Waals surface area contributed by atoms with Crippen LogP contribution in [0.2, 0.25) is 0 Å². The maximum atomic E-state index is 13.4. The lowest BCUT2D eigenvalue weighted by atomic mass is 10.0. The van der Waals surface area contributed by atoms with E-state index in [4.69, 9.17) is 0 Å². The standard InChI is InChI=1S/C28H23N3O3/c1-18-12-14-21(15-13-18)31-27(33)24(26(32)29-28(31)34)16-23-19(2)30(17-20-8-4-3-5-9-20)25-11-7-6-10-22(23)25/h3-16H,17H2,1-2H3,(H,29,32,34)/b24-16+. The van der Waals surface area contributed by atoms with Gasteiger partial charge >= 0.3 is 6.03 Å². The van der Waals surface area contributed by atoms with Crippen LogP contribution in [0, 0.1) is 13.8 Å². The number of imide groups is 2. The summed E-state index contributed by atoms with van der Waals surface area (Å²) >= 11 is 0. The Morgan fingerprint density at radius 3 is 2.24 bits per heavy atom. The van der Waals surface area contributed by atoms with Crippen LogP contribution in [0.1, 0.15) is 22.4 Å². The molecule has 3 aromatic carbocycles. The quantitative estimate of drug-likeness (QED) is 0.353. The second kappa shape index (κ2) is 8.48. The van der Waals surface area contributed by atoms with Gasteiger partial charge in [0.25, 0.3) is 11.8 Å². The van der Waals surface area contributed by atoms with Crippen molar-refractivity contribution in [3.63, 3.8) is 0 Å². The average Bonchev–Trinajstić information content (AvgIpc) is 3.09. The molecule has 5 rings (SSSR count). The summed E-state index contributed by atoms with van der Waals surface area (Å²) < 4.78 is 2.17. The van der Waals surface area contributed by atoms with Gasteiger partial charge in [0.05, 0.1) is 5.69 Å². The third-order valence-corrected chi connectivity index (χ3v) is 6.15. The molecule has 6 heteroatoms. The molecule has 2 heterocycles. The number of barbiturate groups is 1. The van der Waals surface area contributed by atoms with Gasteiger partial charge in [-0.15, -0.1) is 0 Å². The van der Waals surface area contributed by atoms with Crippen molar-refractivity contribution in [3.8, 4) is 0 Å². The molecule has 1 aliphatic heterocycles. The lowest BCUT2D eigenvalue weighted by molar-refractivity contribution is -0.122. The van der Waals surface area contributed by atoms with Crippen LogP contribution in [0.4, 0.5) is 10.5 Å². The van der Waals surface area contributed by atoms with Crippen molar-refractivity contribution in [3.05, 3.63) is 107 Å². The number of rotatable bonds is 4. The molecule has 1 aliphatic rings. The number of nitrogens with zero attached hydrogens (tertiary/aromatic N) is 2. The van der Waals surface area contributed by atoms with Crippen LogP contribution in [-0.4, -0.2) is 22.4 Å². The van der Waals surface area contributed by atoms with Gasteiger partial charge in [0.1, 0.15) is 5.57 Å². The van der Waals surface area contributed by atoms with E-state index >= 15 is 0 Å². The van der Waals surface area contributed by atoms with Gasteiger partial charge in [0, 0.05) is 28.7 Å². The molecule has 6 nitrogen and oxygen atoms in total. The van der Waals surface area contributed by atoms with Gasteiger partial charge in [-0.05, 0) is 43.7 Å². The Bertz CT molecular complexity index is 1460. The number of hydrogen-bond donors (Lipinski definition) is 1. The molecule has 0 bridgehead atoms. The van der Waals surface area contributed by atoms with E-state index in [9.17, 15) is 14.4 Å². The monoisotopic (exact) mass is 449 g/mol. The van der Waals surface area contributed by atoms with Crippen LogP contribution in [0.25, 0.3) is 17.0 Å². The van der Waals surface area contributed by atoms with Gasteiger partial charge < -0.3 is 4.57 Å². The number of fused-ring (bicyclic) bond motifs is 1. The summed E-state index contributed by atoms with van der Waals surface area (Å²) in [5.41, 5.74) is 5.20. The fraction of sp³-hybridized carbons (Fsp3) is 0.107. The van der Waals surface area contributed by atoms with Crippen molar-refractivity contribution in [2.45, 2.75) is 20.4 Å². The molecule has 4 aromatic rings. The summed E-state index contributed by atoms with van der Waals surface area (Å²) in [6.07, 6.45) is 1.60. The first-order valence-electron chi connectivity index (χ1n) is 11.0. The smallest absolute Gasteiger partial charge is 0.335 e. The summed E-state index contributed by atoms with van der Waals surface area (Å²) in [4.78, 5) is 39.6. The zero-order valence-corrected chi connectivity index (χ0v) is 18.9. The van der Waals surface area contributed by atoms with Gasteiger partial charge in [-0.2, -0.15) is 0 Å². The highest BCUT2D eigenvalue weighted by atomic mass is 16.2. The predicted molar refractivity (Wildman–Crippen MR) is 132 cm³/mol. The van der Waals surface area contributed by atoms with Crippen molar-refractivity contribution in [2.24, 2.45) is 0 Å². The maximum absolute atomic E-state index is 13.4. The van der Waals surface area contributed by atoms with Crippen LogP contribution < -0.4 is 10.2 Å². The maximum Gasteiger partial charge on any atom is 0.335 e. The van der Waals surface area contributed by atoms with Crippen LogP contribution in [0.3, 0.4) is 0 Å². The molecule has 1 saturated heterocycles. The summed E-state index contributed by atoms with van der Waals surface area (Å²) in [5.74, 6) is -1.34. The molecular weight excluding hydrogens is 426 g/mol. The summed E-state index contributed by atoms with van der Waals surface area (Å²) in [6, 6.07) is 24.3. The second-order valence-corrected chi connectivity index (χ2v) is 8.38. The molecule has 0 unspecified atom stereocenters. The van der Waals surface area contributed by atoms with E-state index in [0.29, 0.717) is 12.2 Å². The van der Waals surface area contributed by atoms with Crippen molar-refractivity contribution in [1.82, 2.24) is 9.88 Å². The minimum absolute atomic E-state index is 0.0779. The van der Waals surface area contributed by atoms with E-state index in [1.165, 1.54) is 0 Å². The molecule has 34 heavy (non-hydrogen) atoms. The summed E-state index contributed by atoms with van der Waals surface area (Å²) in [7, 11) is 0. The number of benzene rings is 3. The topological polar surface area (TPSA) is 71.4 Å². The normalized spacial score (nSPS) is 15.3. The highest BCUT2D eigenvalue weighted by Crippen LogP contribution is 2.30. The number of nitrogens with one attached hydrogen (secondary N) is 1. The Kier molecular flexibility index (Phi) is 5.34. The van der Waals surface area contributed by atoms with E-state index in [1.54, 1.807) is 18.2 Å². The van der Waals surface area contributed by atoms with Crippen LogP contribution >= 0.6 is 0 Å². The highest BCUT2D eigenvalue weighted by molar-refractivity contribution is 6.39. The molecule has 0 atom stereocenters. The first kappa shape index (κ1) is 21.4. The van der Waals surface area contributed by atoms with Crippen molar-refractivity contribution < 1.29 is 14.4 Å². The molecule has 168 valence electrons. The molecule has 0 radical (unpaired) electrons. The number of carbonyl (C=O) groups excluding carboxylic acids is 3. The largest absolute Gasteiger partial charge is 0.340 e. The minimum atomic E-state index is -0.751. The van der Waals surface area contributed by atoms with Crippen LogP contribution in [-0.2, 0) is 16.1 Å². The minimum Gasteiger partial charge on any atom is -0.340 e. The van der Waals surface area contributed by atoms with E-state index in [2.05, 4.69) is 22.0 Å². The second-order valence-electron chi connectivity index (χ2n) is 8.38. The van der Waals surface area contributed by atoms with Gasteiger partial charge in [0.15, 0.2) is 0 Å². The van der Waals surface area contributed by atoms with Crippen molar-refractivity contribution >= 4 is 40.5 Å². The number of carbonyl (C=O) groups is 3. The van der Waals surface area contributed by atoms with Crippen LogP contribution in [0.5, 0.6) is 0 Å². The Hall–Kier alpha value is -4.45. The number of urea groups is 1. The number of aryl methyl sites for hydroxylation is 1. The van der Waals surface area contributed by atoms with Gasteiger partial charge in [-0.1, -0.05) is 66.2 Å². The van der Waals surface area contributed by atoms with Gasteiger partial charge in [-0.3, -0.25) is 14.9 Å². The Labute approximate surface area is 197 Å². The number of aromatic nitrogens is 1. The van der Waals surface area contributed by atoms with Crippen molar-refractivity contribution in [1.29, 1.82) is 0 Å². The molecule has 1 aromatic heterocycles. The summed E-state index contributed by atoms with van der Waals surface area (Å²) in [5, 5.41) is 3.24. The van der Waals surface area contributed by atoms with Crippen LogP contribution in [0.15, 0.2) is 84.4 Å². The van der Waals surface area contributed by atoms with Gasteiger partial charge in [-0.25, -0.2) is 9.69 Å². The van der Waals surface area contributed by atoms with E-state index in [-0.39, 0.29) is 5.57 Å². The number of amides is 4. The van der Waals surface area contributed by atoms with Crippen molar-refractivity contribution in [2.75, 3.05) is 4.90 Å². The van der Waals surface area contributed by atoms with E-state index in [0.717, 1.165) is 38.2 Å². The van der Waals surface area contributed by atoms with E-state index < -0.39 is 17.8 Å². The fourth-order valence-electron chi connectivity index (χ4n) is 4.34. The van der Waals surface area contributed by atoms with E-state index in [1.807, 2.05) is 68.4 Å². The number of para-hydroxylation sites is 1. The third-order valence-electron chi connectivity index (χ3n) is 6.15. The zero-order valence-electron chi connectivity index (χ0n) is 18.9. The van der Waals surface area contributed by atoms with Gasteiger partial charge in [0.2, 0.25) is 0 Å². The first-order chi connectivity index (χ1) is 16.4. The SMILES string of the molecule is Cc1ccc(N2C(=O)NC(=O)/C(=C\c3c(C)n(Cc4ccccc4)c4ccccc34)C2=O)cc1. The Morgan fingerprint density at radius 1 is 0.824 bits per heavy atom. The lowest BCUT2D eigenvalue weighted by Crippen LogP contribution is -2.54. The summed E-state index contributed by atoms with van der Waals surface area (Å²) in [6.45, 7) is 4.55. The molecular formula is C28H23N3O3. The fourth-order valence-corrected chi connectivity index (χ4v) is 4.34. The molecule has 4 amide bonds. The Balaban J connectivity index is 1.61. The molecule has 0 saturated carbocycles. The molecule has 0 aliphatic carbocycles. The number of anilines is 1. The third kappa shape index (κ3) is 3.69. The zero-order chi connectivity index (χ0) is 23.8. The highest BCUT2D eigenvalue weighted by Gasteiger charge is 2.37. The molecule has 0 spiro atoms. The number of hydrogen-bond acceptors (Lipinski definition) is 3. The first-order valence-corrected chi connectivity index (χ1v) is 11.0.